The van der Waals surface area contributed by atoms with Gasteiger partial charge in [0.15, 0.2) is 0 Å². The normalized spacial score (nSPS) is 10.1. The first-order chi connectivity index (χ1) is 7.76. The van der Waals surface area contributed by atoms with Crippen LogP contribution in [0.5, 0.6) is 0 Å². The van der Waals surface area contributed by atoms with E-state index in [0.29, 0.717) is 11.0 Å². The van der Waals surface area contributed by atoms with Gasteiger partial charge in [-0.2, -0.15) is 12.6 Å². The summed E-state index contributed by atoms with van der Waals surface area (Å²) in [5, 5.41) is 0. The number of aryl methyl sites for hydroxylation is 1. The van der Waals surface area contributed by atoms with Gasteiger partial charge in [-0.1, -0.05) is 36.0 Å². The van der Waals surface area contributed by atoms with Gasteiger partial charge in [0.2, 0.25) is 4.38 Å². The van der Waals surface area contributed by atoms with Crippen molar-refractivity contribution in [1.29, 1.82) is 0 Å². The van der Waals surface area contributed by atoms with Crippen molar-refractivity contribution in [2.24, 2.45) is 0 Å². The smallest absolute Gasteiger partial charge is 0.220 e. The second-order valence-corrected chi connectivity index (χ2v) is 5.29. The summed E-state index contributed by atoms with van der Waals surface area (Å²) < 4.78 is 5.84. The SMILES string of the molecule is CCOC(=S)SCc1ccc(CCS)cc1. The van der Waals surface area contributed by atoms with Crippen LogP contribution >= 0.6 is 36.6 Å². The van der Waals surface area contributed by atoms with Crippen molar-refractivity contribution in [3.8, 4) is 0 Å². The van der Waals surface area contributed by atoms with Crippen molar-refractivity contribution in [3.05, 3.63) is 35.4 Å². The average Bonchev–Trinajstić information content (AvgIpc) is 2.29. The fourth-order valence-electron chi connectivity index (χ4n) is 1.23. The lowest BCUT2D eigenvalue weighted by molar-refractivity contribution is 0.346. The van der Waals surface area contributed by atoms with Crippen LogP contribution < -0.4 is 0 Å². The van der Waals surface area contributed by atoms with Crippen LogP contribution in [0.3, 0.4) is 0 Å². The predicted molar refractivity (Wildman–Crippen MR) is 79.5 cm³/mol. The summed E-state index contributed by atoms with van der Waals surface area (Å²) in [7, 11) is 0. The Kier molecular flexibility index (Phi) is 6.92. The molecule has 4 heteroatoms. The first-order valence-corrected chi connectivity index (χ1v) is 7.27. The van der Waals surface area contributed by atoms with E-state index in [9.17, 15) is 0 Å². The van der Waals surface area contributed by atoms with E-state index in [1.807, 2.05) is 6.92 Å². The summed E-state index contributed by atoms with van der Waals surface area (Å²) in [5.41, 5.74) is 2.60. The second kappa shape index (κ2) is 7.98. The maximum absolute atomic E-state index is 5.21. The lowest BCUT2D eigenvalue weighted by Crippen LogP contribution is -1.96. The van der Waals surface area contributed by atoms with Crippen LogP contribution in [-0.2, 0) is 16.9 Å². The van der Waals surface area contributed by atoms with Crippen molar-refractivity contribution in [3.63, 3.8) is 0 Å². The predicted octanol–water partition coefficient (Wildman–Crippen LogP) is 3.71. The summed E-state index contributed by atoms with van der Waals surface area (Å²) >= 11 is 10.8. The van der Waals surface area contributed by atoms with E-state index in [-0.39, 0.29) is 0 Å². The topological polar surface area (TPSA) is 9.23 Å². The molecule has 0 unspecified atom stereocenters. The monoisotopic (exact) mass is 272 g/mol. The highest BCUT2D eigenvalue weighted by atomic mass is 32.2. The summed E-state index contributed by atoms with van der Waals surface area (Å²) in [4.78, 5) is 0. The number of thiol groups is 1. The zero-order chi connectivity index (χ0) is 11.8. The molecule has 0 N–H and O–H groups in total. The number of thioether (sulfide) groups is 1. The van der Waals surface area contributed by atoms with Crippen molar-refractivity contribution >= 4 is 41.0 Å². The van der Waals surface area contributed by atoms with Gasteiger partial charge in [0.25, 0.3) is 0 Å². The zero-order valence-electron chi connectivity index (χ0n) is 9.31. The molecule has 0 bridgehead atoms. The van der Waals surface area contributed by atoms with Gasteiger partial charge in [-0.15, -0.1) is 0 Å². The Morgan fingerprint density at radius 3 is 2.50 bits per heavy atom. The van der Waals surface area contributed by atoms with E-state index < -0.39 is 0 Å². The Labute approximate surface area is 112 Å². The molecule has 0 aromatic heterocycles. The van der Waals surface area contributed by atoms with E-state index in [1.54, 1.807) is 11.8 Å². The highest BCUT2D eigenvalue weighted by molar-refractivity contribution is 8.22. The molecule has 0 saturated carbocycles. The lowest BCUT2D eigenvalue weighted by atomic mass is 10.1. The summed E-state index contributed by atoms with van der Waals surface area (Å²) in [6.07, 6.45) is 1.02. The van der Waals surface area contributed by atoms with Crippen LogP contribution in [0.15, 0.2) is 24.3 Å². The molecular weight excluding hydrogens is 256 g/mol. The fourth-order valence-corrected chi connectivity index (χ4v) is 2.46. The first-order valence-electron chi connectivity index (χ1n) is 5.24. The van der Waals surface area contributed by atoms with Crippen molar-refractivity contribution in [2.75, 3.05) is 12.4 Å². The molecule has 0 radical (unpaired) electrons. The molecule has 0 spiro atoms. The summed E-state index contributed by atoms with van der Waals surface area (Å²) in [6, 6.07) is 8.58. The van der Waals surface area contributed by atoms with E-state index in [4.69, 9.17) is 17.0 Å². The minimum atomic E-state index is 0.627. The number of thiocarbonyl (C=S) groups is 1. The molecule has 1 aromatic carbocycles. The standard InChI is InChI=1S/C12H16OS3/c1-2-13-12(15)16-9-11-5-3-10(4-6-11)7-8-14/h3-6,14H,2,7-9H2,1H3. The molecule has 16 heavy (non-hydrogen) atoms. The van der Waals surface area contributed by atoms with Crippen LogP contribution in [0.1, 0.15) is 18.1 Å². The van der Waals surface area contributed by atoms with E-state index in [0.717, 1.165) is 17.9 Å². The molecule has 0 fully saturated rings. The van der Waals surface area contributed by atoms with E-state index in [1.165, 1.54) is 11.1 Å². The minimum absolute atomic E-state index is 0.627. The van der Waals surface area contributed by atoms with Gasteiger partial charge in [-0.05, 0) is 42.4 Å². The molecular formula is C12H16OS3. The molecule has 0 aliphatic rings. The molecule has 88 valence electrons. The van der Waals surface area contributed by atoms with E-state index >= 15 is 0 Å². The maximum Gasteiger partial charge on any atom is 0.220 e. The summed E-state index contributed by atoms with van der Waals surface area (Å²) in [6.45, 7) is 2.59. The molecule has 0 heterocycles. The Morgan fingerprint density at radius 2 is 1.94 bits per heavy atom. The Hall–Kier alpha value is -0.190. The van der Waals surface area contributed by atoms with Gasteiger partial charge < -0.3 is 4.74 Å². The quantitative estimate of drug-likeness (QED) is 0.647. The van der Waals surface area contributed by atoms with Gasteiger partial charge in [-0.25, -0.2) is 0 Å². The van der Waals surface area contributed by atoms with Crippen molar-refractivity contribution in [1.82, 2.24) is 0 Å². The Morgan fingerprint density at radius 1 is 1.31 bits per heavy atom. The Bertz CT molecular complexity index is 322. The zero-order valence-corrected chi connectivity index (χ0v) is 11.8. The van der Waals surface area contributed by atoms with Gasteiger partial charge in [0, 0.05) is 5.75 Å². The maximum atomic E-state index is 5.21. The average molecular weight is 272 g/mol. The van der Waals surface area contributed by atoms with Crippen LogP contribution in [0, 0.1) is 0 Å². The van der Waals surface area contributed by atoms with Gasteiger partial charge in [0.1, 0.15) is 0 Å². The number of rotatable bonds is 5. The van der Waals surface area contributed by atoms with Crippen molar-refractivity contribution in [2.45, 2.75) is 19.1 Å². The molecule has 1 nitrogen and oxygen atoms in total. The largest absolute Gasteiger partial charge is 0.479 e. The second-order valence-electron chi connectivity index (χ2n) is 3.26. The van der Waals surface area contributed by atoms with Crippen LogP contribution in [0.25, 0.3) is 0 Å². The third-order valence-corrected chi connectivity index (χ3v) is 3.57. The van der Waals surface area contributed by atoms with Gasteiger partial charge in [0.05, 0.1) is 6.61 Å². The third kappa shape index (κ3) is 5.23. The molecule has 0 aliphatic heterocycles. The highest BCUT2D eigenvalue weighted by Crippen LogP contribution is 2.15. The van der Waals surface area contributed by atoms with E-state index in [2.05, 4.69) is 36.9 Å². The Balaban J connectivity index is 2.40. The van der Waals surface area contributed by atoms with Gasteiger partial charge >= 0.3 is 0 Å². The summed E-state index contributed by atoms with van der Waals surface area (Å²) in [5.74, 6) is 1.77. The molecule has 1 aromatic rings. The van der Waals surface area contributed by atoms with Crippen LogP contribution in [0.4, 0.5) is 0 Å². The lowest BCUT2D eigenvalue weighted by Gasteiger charge is -2.05. The molecule has 0 amide bonds. The van der Waals surface area contributed by atoms with Gasteiger partial charge in [-0.3, -0.25) is 0 Å². The highest BCUT2D eigenvalue weighted by Gasteiger charge is 1.99. The molecule has 0 atom stereocenters. The molecule has 1 rings (SSSR count). The molecule has 0 aliphatic carbocycles. The number of benzene rings is 1. The fraction of sp³-hybridized carbons (Fsp3) is 0.417. The first kappa shape index (κ1) is 13.9. The minimum Gasteiger partial charge on any atom is -0.479 e. The number of ether oxygens (including phenoxy) is 1. The third-order valence-electron chi connectivity index (χ3n) is 2.04. The number of hydrogen-bond donors (Lipinski definition) is 1. The van der Waals surface area contributed by atoms with Crippen molar-refractivity contribution < 1.29 is 4.74 Å². The van der Waals surface area contributed by atoms with Crippen LogP contribution in [0.2, 0.25) is 0 Å². The van der Waals surface area contributed by atoms with Crippen LogP contribution in [-0.4, -0.2) is 16.7 Å². The number of hydrogen-bond acceptors (Lipinski definition) is 4. The molecule has 0 saturated heterocycles.